The highest BCUT2D eigenvalue weighted by molar-refractivity contribution is 5.85. The predicted molar refractivity (Wildman–Crippen MR) is 61.5 cm³/mol. The third-order valence-electron chi connectivity index (χ3n) is 3.11. The minimum Gasteiger partial charge on any atom is -0.368 e. The van der Waals surface area contributed by atoms with Gasteiger partial charge in [-0.1, -0.05) is 6.07 Å². The van der Waals surface area contributed by atoms with Crippen molar-refractivity contribution in [3.8, 4) is 0 Å². The fraction of sp³-hybridized carbons (Fsp3) is 0.500. The first-order valence-corrected chi connectivity index (χ1v) is 5.59. The van der Waals surface area contributed by atoms with Gasteiger partial charge < -0.3 is 5.73 Å². The summed E-state index contributed by atoms with van der Waals surface area (Å²) < 4.78 is 0. The van der Waals surface area contributed by atoms with Crippen LogP contribution in [0.15, 0.2) is 24.4 Å². The second kappa shape index (κ2) is 4.22. The molecule has 0 aromatic carbocycles. The molecule has 1 aromatic rings. The SMILES string of the molecule is CC(NCC1CC1)(C(N)=O)c1ccccn1. The molecule has 1 saturated carbocycles. The van der Waals surface area contributed by atoms with E-state index in [4.69, 9.17) is 5.73 Å². The largest absolute Gasteiger partial charge is 0.368 e. The number of carbonyl (C=O) groups is 1. The Morgan fingerprint density at radius 2 is 2.38 bits per heavy atom. The van der Waals surface area contributed by atoms with Crippen molar-refractivity contribution in [3.63, 3.8) is 0 Å². The molecule has 16 heavy (non-hydrogen) atoms. The smallest absolute Gasteiger partial charge is 0.243 e. The standard InChI is InChI=1S/C12H17N3O/c1-12(11(13)16,15-8-9-5-6-9)10-4-2-3-7-14-10/h2-4,7,9,15H,5-6,8H2,1H3,(H2,13,16). The Bertz CT molecular complexity index is 375. The van der Waals surface area contributed by atoms with Gasteiger partial charge in [0.25, 0.3) is 0 Å². The summed E-state index contributed by atoms with van der Waals surface area (Å²) in [5, 5.41) is 3.24. The second-order valence-corrected chi connectivity index (χ2v) is 4.53. The number of primary amides is 1. The first-order chi connectivity index (χ1) is 7.63. The van der Waals surface area contributed by atoms with Crippen LogP contribution in [0.1, 0.15) is 25.5 Å². The lowest BCUT2D eigenvalue weighted by Gasteiger charge is -2.26. The van der Waals surface area contributed by atoms with E-state index in [-0.39, 0.29) is 5.91 Å². The lowest BCUT2D eigenvalue weighted by Crippen LogP contribution is -2.51. The number of carbonyl (C=O) groups excluding carboxylic acids is 1. The Balaban J connectivity index is 2.16. The third kappa shape index (κ3) is 2.22. The van der Waals surface area contributed by atoms with Crippen molar-refractivity contribution in [2.24, 2.45) is 11.7 Å². The van der Waals surface area contributed by atoms with Crippen LogP contribution in [0.2, 0.25) is 0 Å². The summed E-state index contributed by atoms with van der Waals surface area (Å²) >= 11 is 0. The van der Waals surface area contributed by atoms with Crippen molar-refractivity contribution in [1.29, 1.82) is 0 Å². The fourth-order valence-corrected chi connectivity index (χ4v) is 1.63. The molecular weight excluding hydrogens is 202 g/mol. The Hall–Kier alpha value is -1.42. The Morgan fingerprint density at radius 3 is 2.88 bits per heavy atom. The summed E-state index contributed by atoms with van der Waals surface area (Å²) in [6.45, 7) is 2.62. The van der Waals surface area contributed by atoms with Crippen LogP contribution in [-0.2, 0) is 10.3 Å². The normalized spacial score (nSPS) is 19.1. The van der Waals surface area contributed by atoms with Gasteiger partial charge in [-0.15, -0.1) is 0 Å². The average molecular weight is 219 g/mol. The maximum absolute atomic E-state index is 11.6. The van der Waals surface area contributed by atoms with Crippen molar-refractivity contribution in [2.45, 2.75) is 25.3 Å². The zero-order valence-corrected chi connectivity index (χ0v) is 9.44. The van der Waals surface area contributed by atoms with Crippen LogP contribution >= 0.6 is 0 Å². The summed E-state index contributed by atoms with van der Waals surface area (Å²) in [7, 11) is 0. The zero-order valence-electron chi connectivity index (χ0n) is 9.44. The molecule has 4 nitrogen and oxygen atoms in total. The van der Waals surface area contributed by atoms with E-state index >= 15 is 0 Å². The second-order valence-electron chi connectivity index (χ2n) is 4.53. The van der Waals surface area contributed by atoms with E-state index in [1.807, 2.05) is 18.2 Å². The van der Waals surface area contributed by atoms with Crippen molar-refractivity contribution < 1.29 is 4.79 Å². The van der Waals surface area contributed by atoms with Gasteiger partial charge in [0.15, 0.2) is 0 Å². The monoisotopic (exact) mass is 219 g/mol. The third-order valence-corrected chi connectivity index (χ3v) is 3.11. The van der Waals surface area contributed by atoms with Crippen LogP contribution in [0, 0.1) is 5.92 Å². The molecule has 2 rings (SSSR count). The number of rotatable bonds is 5. The van der Waals surface area contributed by atoms with E-state index in [1.54, 1.807) is 13.1 Å². The maximum atomic E-state index is 11.6. The molecule has 0 spiro atoms. The fourth-order valence-electron chi connectivity index (χ4n) is 1.63. The van der Waals surface area contributed by atoms with Gasteiger partial charge >= 0.3 is 0 Å². The van der Waals surface area contributed by atoms with Crippen molar-refractivity contribution in [2.75, 3.05) is 6.54 Å². The molecule has 4 heteroatoms. The molecule has 1 aromatic heterocycles. The summed E-state index contributed by atoms with van der Waals surface area (Å²) in [6, 6.07) is 5.51. The lowest BCUT2D eigenvalue weighted by molar-refractivity contribution is -0.124. The van der Waals surface area contributed by atoms with E-state index in [2.05, 4.69) is 10.3 Å². The molecule has 3 N–H and O–H groups in total. The highest BCUT2D eigenvalue weighted by Gasteiger charge is 2.35. The van der Waals surface area contributed by atoms with E-state index < -0.39 is 5.54 Å². The van der Waals surface area contributed by atoms with Crippen molar-refractivity contribution in [3.05, 3.63) is 30.1 Å². The Kier molecular flexibility index (Phi) is 2.92. The topological polar surface area (TPSA) is 68.0 Å². The van der Waals surface area contributed by atoms with Gasteiger partial charge in [-0.25, -0.2) is 0 Å². The molecule has 0 bridgehead atoms. The van der Waals surface area contributed by atoms with Crippen LogP contribution in [0.5, 0.6) is 0 Å². The van der Waals surface area contributed by atoms with Crippen LogP contribution in [0.4, 0.5) is 0 Å². The molecule has 86 valence electrons. The highest BCUT2D eigenvalue weighted by Crippen LogP contribution is 2.29. The molecule has 1 amide bonds. The molecule has 1 heterocycles. The van der Waals surface area contributed by atoms with Crippen molar-refractivity contribution >= 4 is 5.91 Å². The summed E-state index contributed by atoms with van der Waals surface area (Å²) in [5.41, 5.74) is 5.29. The van der Waals surface area contributed by atoms with Gasteiger partial charge in [-0.05, 0) is 44.4 Å². The maximum Gasteiger partial charge on any atom is 0.243 e. The van der Waals surface area contributed by atoms with E-state index in [0.717, 1.165) is 6.54 Å². The minimum absolute atomic E-state index is 0.383. The van der Waals surface area contributed by atoms with Crippen LogP contribution in [0.3, 0.4) is 0 Å². The van der Waals surface area contributed by atoms with Crippen LogP contribution in [0.25, 0.3) is 0 Å². The van der Waals surface area contributed by atoms with E-state index in [1.165, 1.54) is 12.8 Å². The summed E-state index contributed by atoms with van der Waals surface area (Å²) in [5.74, 6) is 0.314. The molecule has 1 atom stereocenters. The quantitative estimate of drug-likeness (QED) is 0.769. The molecule has 1 fully saturated rings. The molecule has 1 aliphatic rings. The molecular formula is C12H17N3O. The van der Waals surface area contributed by atoms with Gasteiger partial charge in [0.05, 0.1) is 5.69 Å². The van der Waals surface area contributed by atoms with E-state index in [0.29, 0.717) is 11.6 Å². The predicted octanol–water partition coefficient (Wildman–Crippen LogP) is 0.782. The lowest BCUT2D eigenvalue weighted by atomic mass is 9.96. The van der Waals surface area contributed by atoms with Gasteiger partial charge in [0.1, 0.15) is 5.54 Å². The summed E-state index contributed by atoms with van der Waals surface area (Å²) in [6.07, 6.45) is 4.16. The van der Waals surface area contributed by atoms with Crippen molar-refractivity contribution in [1.82, 2.24) is 10.3 Å². The number of pyridine rings is 1. The zero-order chi connectivity index (χ0) is 11.6. The van der Waals surface area contributed by atoms with E-state index in [9.17, 15) is 4.79 Å². The minimum atomic E-state index is -0.857. The highest BCUT2D eigenvalue weighted by atomic mass is 16.1. The number of nitrogens with two attached hydrogens (primary N) is 1. The van der Waals surface area contributed by atoms with Gasteiger partial charge in [0.2, 0.25) is 5.91 Å². The average Bonchev–Trinajstić information content (AvgIpc) is 3.10. The number of nitrogens with zero attached hydrogens (tertiary/aromatic N) is 1. The summed E-state index contributed by atoms with van der Waals surface area (Å²) in [4.78, 5) is 15.8. The van der Waals surface area contributed by atoms with Gasteiger partial charge in [0, 0.05) is 6.20 Å². The number of hydrogen-bond donors (Lipinski definition) is 2. The molecule has 1 aliphatic carbocycles. The Labute approximate surface area is 95.3 Å². The van der Waals surface area contributed by atoms with Crippen LogP contribution < -0.4 is 11.1 Å². The van der Waals surface area contributed by atoms with Crippen LogP contribution in [-0.4, -0.2) is 17.4 Å². The molecule has 0 radical (unpaired) electrons. The molecule has 0 saturated heterocycles. The molecule has 0 aliphatic heterocycles. The Morgan fingerprint density at radius 1 is 1.62 bits per heavy atom. The number of amides is 1. The molecule has 1 unspecified atom stereocenters. The first-order valence-electron chi connectivity index (χ1n) is 5.59. The van der Waals surface area contributed by atoms with Gasteiger partial charge in [-0.3, -0.25) is 15.1 Å². The van der Waals surface area contributed by atoms with Gasteiger partial charge in [-0.2, -0.15) is 0 Å². The first kappa shape index (κ1) is 11.1. The number of aromatic nitrogens is 1. The number of nitrogens with one attached hydrogen (secondary N) is 1. The number of hydrogen-bond acceptors (Lipinski definition) is 3.